The van der Waals surface area contributed by atoms with Crippen molar-refractivity contribution in [3.8, 4) is 0 Å². The average Bonchev–Trinajstić information content (AvgIpc) is 2.76. The summed E-state index contributed by atoms with van der Waals surface area (Å²) in [5.41, 5.74) is 1.31. The zero-order valence-electron chi connectivity index (χ0n) is 11.5. The summed E-state index contributed by atoms with van der Waals surface area (Å²) in [5.74, 6) is 0.718. The van der Waals surface area contributed by atoms with Gasteiger partial charge in [-0.15, -0.1) is 16.4 Å². The standard InChI is InChI=1S/C14H19N3OS/c1-3-4-7-17-14(18)12-10-6-5-9(2)8-11(10)19-13(12)15-16-17/h9H,3-8H2,1-2H3/t9-/m1/s1. The van der Waals surface area contributed by atoms with Gasteiger partial charge in [0.2, 0.25) is 0 Å². The first kappa shape index (κ1) is 12.8. The lowest BCUT2D eigenvalue weighted by Crippen LogP contribution is -2.24. The fourth-order valence-corrected chi connectivity index (χ4v) is 4.06. The average molecular weight is 277 g/mol. The van der Waals surface area contributed by atoms with E-state index in [-0.39, 0.29) is 5.56 Å². The van der Waals surface area contributed by atoms with Gasteiger partial charge in [-0.05, 0) is 37.2 Å². The van der Waals surface area contributed by atoms with E-state index >= 15 is 0 Å². The number of thiophene rings is 1. The number of nitrogens with zero attached hydrogens (tertiary/aromatic N) is 3. The number of hydrogen-bond donors (Lipinski definition) is 0. The fourth-order valence-electron chi connectivity index (χ4n) is 2.75. The molecule has 2 heterocycles. The maximum atomic E-state index is 12.5. The number of unbranched alkanes of at least 4 members (excludes halogenated alkanes) is 1. The van der Waals surface area contributed by atoms with Crippen LogP contribution in [-0.4, -0.2) is 15.0 Å². The highest BCUT2D eigenvalue weighted by Crippen LogP contribution is 2.35. The third-order valence-electron chi connectivity index (χ3n) is 3.91. The van der Waals surface area contributed by atoms with Gasteiger partial charge in [-0.2, -0.15) is 0 Å². The van der Waals surface area contributed by atoms with Crippen LogP contribution in [0.1, 0.15) is 43.6 Å². The van der Waals surface area contributed by atoms with Crippen molar-refractivity contribution in [1.82, 2.24) is 15.0 Å². The van der Waals surface area contributed by atoms with Gasteiger partial charge in [-0.25, -0.2) is 4.68 Å². The molecule has 0 bridgehead atoms. The van der Waals surface area contributed by atoms with Gasteiger partial charge in [0.15, 0.2) is 4.83 Å². The van der Waals surface area contributed by atoms with Gasteiger partial charge in [0.1, 0.15) is 0 Å². The summed E-state index contributed by atoms with van der Waals surface area (Å²) < 4.78 is 1.54. The van der Waals surface area contributed by atoms with Gasteiger partial charge in [0, 0.05) is 11.4 Å². The quantitative estimate of drug-likeness (QED) is 0.866. The number of fused-ring (bicyclic) bond motifs is 3. The SMILES string of the molecule is CCCCn1nnc2sc3c(c2c1=O)CC[C@@H](C)C3. The molecular formula is C14H19N3OS. The predicted octanol–water partition coefficient (Wildman–Crippen LogP) is 2.78. The van der Waals surface area contributed by atoms with Crippen LogP contribution in [0.5, 0.6) is 0 Å². The van der Waals surface area contributed by atoms with Crippen LogP contribution < -0.4 is 5.56 Å². The van der Waals surface area contributed by atoms with Crippen molar-refractivity contribution >= 4 is 21.6 Å². The molecule has 102 valence electrons. The Kier molecular flexibility index (Phi) is 3.39. The number of hydrogen-bond acceptors (Lipinski definition) is 4. The van der Waals surface area contributed by atoms with Crippen molar-refractivity contribution in [2.24, 2.45) is 5.92 Å². The maximum absolute atomic E-state index is 12.5. The molecule has 0 fully saturated rings. The first-order valence-corrected chi connectivity index (χ1v) is 7.90. The molecule has 0 spiro atoms. The van der Waals surface area contributed by atoms with E-state index in [1.807, 2.05) is 0 Å². The summed E-state index contributed by atoms with van der Waals surface area (Å²) >= 11 is 1.66. The molecule has 0 aromatic carbocycles. The Balaban J connectivity index is 2.12. The van der Waals surface area contributed by atoms with Crippen molar-refractivity contribution in [2.75, 3.05) is 0 Å². The largest absolute Gasteiger partial charge is 0.278 e. The molecule has 0 amide bonds. The van der Waals surface area contributed by atoms with Crippen LogP contribution in [0.25, 0.3) is 10.2 Å². The fraction of sp³-hybridized carbons (Fsp3) is 0.643. The molecule has 4 nitrogen and oxygen atoms in total. The van der Waals surface area contributed by atoms with Crippen molar-refractivity contribution < 1.29 is 0 Å². The Morgan fingerprint density at radius 2 is 2.32 bits per heavy atom. The first-order valence-electron chi connectivity index (χ1n) is 7.08. The van der Waals surface area contributed by atoms with Crippen LogP contribution in [0.15, 0.2) is 4.79 Å². The first-order chi connectivity index (χ1) is 9.20. The highest BCUT2D eigenvalue weighted by molar-refractivity contribution is 7.18. The van der Waals surface area contributed by atoms with Crippen LogP contribution in [0.3, 0.4) is 0 Å². The normalized spacial score (nSPS) is 18.7. The molecule has 5 heteroatoms. The lowest BCUT2D eigenvalue weighted by molar-refractivity contribution is 0.506. The Morgan fingerprint density at radius 3 is 3.11 bits per heavy atom. The van der Waals surface area contributed by atoms with E-state index in [9.17, 15) is 4.79 Å². The topological polar surface area (TPSA) is 47.8 Å². The number of aryl methyl sites for hydroxylation is 2. The minimum absolute atomic E-state index is 0.0607. The Morgan fingerprint density at radius 1 is 1.47 bits per heavy atom. The van der Waals surface area contributed by atoms with Gasteiger partial charge < -0.3 is 0 Å². The molecule has 1 aliphatic rings. The molecule has 0 aliphatic heterocycles. The van der Waals surface area contributed by atoms with E-state index in [1.165, 1.54) is 21.5 Å². The van der Waals surface area contributed by atoms with Crippen molar-refractivity contribution in [2.45, 2.75) is 52.5 Å². The lowest BCUT2D eigenvalue weighted by atomic mass is 9.89. The lowest BCUT2D eigenvalue weighted by Gasteiger charge is -2.17. The van der Waals surface area contributed by atoms with E-state index in [0.717, 1.165) is 41.8 Å². The van der Waals surface area contributed by atoms with Crippen LogP contribution in [0.4, 0.5) is 0 Å². The van der Waals surface area contributed by atoms with Gasteiger partial charge in [-0.3, -0.25) is 4.79 Å². The van der Waals surface area contributed by atoms with E-state index in [4.69, 9.17) is 0 Å². The maximum Gasteiger partial charge on any atom is 0.278 e. The van der Waals surface area contributed by atoms with Gasteiger partial charge in [0.25, 0.3) is 5.56 Å². The van der Waals surface area contributed by atoms with E-state index < -0.39 is 0 Å². The second-order valence-corrected chi connectivity index (χ2v) is 6.59. The minimum atomic E-state index is 0.0607. The van der Waals surface area contributed by atoms with Crippen molar-refractivity contribution in [3.63, 3.8) is 0 Å². The van der Waals surface area contributed by atoms with E-state index in [0.29, 0.717) is 6.54 Å². The molecular weight excluding hydrogens is 258 g/mol. The smallest absolute Gasteiger partial charge is 0.267 e. The molecule has 0 saturated heterocycles. The molecule has 2 aromatic rings. The summed E-state index contributed by atoms with van der Waals surface area (Å²) in [5, 5.41) is 9.17. The van der Waals surface area contributed by atoms with Gasteiger partial charge >= 0.3 is 0 Å². The van der Waals surface area contributed by atoms with Gasteiger partial charge in [-0.1, -0.05) is 25.5 Å². The van der Waals surface area contributed by atoms with E-state index in [1.54, 1.807) is 11.3 Å². The second-order valence-electron chi connectivity index (χ2n) is 5.50. The molecule has 1 atom stereocenters. The highest BCUT2D eigenvalue weighted by atomic mass is 32.1. The second kappa shape index (κ2) is 5.04. The van der Waals surface area contributed by atoms with Crippen LogP contribution in [-0.2, 0) is 19.4 Å². The zero-order valence-corrected chi connectivity index (χ0v) is 12.3. The summed E-state index contributed by atoms with van der Waals surface area (Å²) in [6.45, 7) is 5.07. The summed E-state index contributed by atoms with van der Waals surface area (Å²) in [6.07, 6.45) is 5.32. The van der Waals surface area contributed by atoms with Crippen LogP contribution >= 0.6 is 11.3 Å². The summed E-state index contributed by atoms with van der Waals surface area (Å²) in [4.78, 5) is 14.7. The van der Waals surface area contributed by atoms with Crippen molar-refractivity contribution in [3.05, 3.63) is 20.8 Å². The molecule has 0 saturated carbocycles. The molecule has 19 heavy (non-hydrogen) atoms. The highest BCUT2D eigenvalue weighted by Gasteiger charge is 2.23. The molecule has 0 N–H and O–H groups in total. The molecule has 1 aliphatic carbocycles. The zero-order chi connectivity index (χ0) is 13.4. The van der Waals surface area contributed by atoms with Gasteiger partial charge in [0.05, 0.1) is 5.39 Å². The summed E-state index contributed by atoms with van der Waals surface area (Å²) in [6, 6.07) is 0. The molecule has 0 radical (unpaired) electrons. The number of aromatic nitrogens is 3. The molecule has 2 aromatic heterocycles. The monoisotopic (exact) mass is 277 g/mol. The Bertz CT molecular complexity index is 658. The van der Waals surface area contributed by atoms with Crippen LogP contribution in [0, 0.1) is 5.92 Å². The Hall–Kier alpha value is -1.23. The molecule has 0 unspecified atom stereocenters. The van der Waals surface area contributed by atoms with E-state index in [2.05, 4.69) is 24.2 Å². The molecule has 3 rings (SSSR count). The Labute approximate surface area is 116 Å². The minimum Gasteiger partial charge on any atom is -0.267 e. The van der Waals surface area contributed by atoms with Crippen molar-refractivity contribution in [1.29, 1.82) is 0 Å². The number of rotatable bonds is 3. The summed E-state index contributed by atoms with van der Waals surface area (Å²) in [7, 11) is 0. The van der Waals surface area contributed by atoms with Crippen LogP contribution in [0.2, 0.25) is 0 Å². The third-order valence-corrected chi connectivity index (χ3v) is 5.05. The third kappa shape index (κ3) is 2.20. The predicted molar refractivity (Wildman–Crippen MR) is 77.8 cm³/mol.